The van der Waals surface area contributed by atoms with E-state index >= 15 is 0 Å². The third-order valence-electron chi connectivity index (χ3n) is 3.94. The van der Waals surface area contributed by atoms with Crippen LogP contribution in [0.4, 0.5) is 0 Å². The third kappa shape index (κ3) is 4.09. The average molecular weight is 389 g/mol. The van der Waals surface area contributed by atoms with Crippen molar-refractivity contribution in [2.24, 2.45) is 0 Å². The molecule has 0 radical (unpaired) electrons. The summed E-state index contributed by atoms with van der Waals surface area (Å²) >= 11 is 12.4. The molecular formula is C20H18Cl2N2O2. The second kappa shape index (κ2) is 7.94. The highest BCUT2D eigenvalue weighted by Crippen LogP contribution is 2.26. The summed E-state index contributed by atoms with van der Waals surface area (Å²) in [6, 6.07) is 15.1. The van der Waals surface area contributed by atoms with Crippen molar-refractivity contribution in [3.05, 3.63) is 75.4 Å². The molecule has 0 amide bonds. The monoisotopic (exact) mass is 388 g/mol. The van der Waals surface area contributed by atoms with Crippen LogP contribution in [0.1, 0.15) is 28.5 Å². The Hall–Kier alpha value is -2.30. The number of hydrogen-bond acceptors (Lipinski definition) is 3. The number of halogens is 2. The Kier molecular flexibility index (Phi) is 5.64. The predicted octanol–water partition coefficient (Wildman–Crippen LogP) is 5.39. The lowest BCUT2D eigenvalue weighted by molar-refractivity contribution is 0.0518. The van der Waals surface area contributed by atoms with E-state index in [0.717, 1.165) is 22.4 Å². The van der Waals surface area contributed by atoms with Gasteiger partial charge in [-0.15, -0.1) is 0 Å². The van der Waals surface area contributed by atoms with E-state index in [0.29, 0.717) is 23.2 Å². The minimum atomic E-state index is -0.447. The molecule has 134 valence electrons. The Morgan fingerprint density at radius 3 is 2.54 bits per heavy atom. The van der Waals surface area contributed by atoms with E-state index in [1.807, 2.05) is 31.2 Å². The number of aryl methyl sites for hydroxylation is 1. The van der Waals surface area contributed by atoms with Crippen molar-refractivity contribution < 1.29 is 9.53 Å². The molecule has 6 heteroatoms. The zero-order valence-electron chi connectivity index (χ0n) is 14.5. The number of carbonyl (C=O) groups excluding carboxylic acids is 1. The van der Waals surface area contributed by atoms with Crippen molar-refractivity contribution in [3.63, 3.8) is 0 Å². The molecule has 26 heavy (non-hydrogen) atoms. The number of aromatic nitrogens is 2. The molecule has 0 aliphatic rings. The highest BCUT2D eigenvalue weighted by molar-refractivity contribution is 6.33. The van der Waals surface area contributed by atoms with Crippen molar-refractivity contribution in [1.82, 2.24) is 9.78 Å². The molecule has 3 aromatic rings. The lowest BCUT2D eigenvalue weighted by atomic mass is 10.1. The van der Waals surface area contributed by atoms with E-state index in [9.17, 15) is 4.79 Å². The van der Waals surface area contributed by atoms with E-state index in [2.05, 4.69) is 5.10 Å². The lowest BCUT2D eigenvalue weighted by Crippen LogP contribution is -2.08. The van der Waals surface area contributed by atoms with Crippen LogP contribution in [0.2, 0.25) is 10.0 Å². The SMILES string of the molecule is CCOC(=O)c1cc(-c2ccc(C)cc2)n(Cc2cc(Cl)ccc2Cl)n1. The van der Waals surface area contributed by atoms with Gasteiger partial charge in [0.15, 0.2) is 5.69 Å². The second-order valence-corrected chi connectivity index (χ2v) is 6.74. The lowest BCUT2D eigenvalue weighted by Gasteiger charge is -2.10. The van der Waals surface area contributed by atoms with E-state index < -0.39 is 5.97 Å². The first-order valence-corrected chi connectivity index (χ1v) is 8.99. The Balaban J connectivity index is 2.05. The molecule has 0 unspecified atom stereocenters. The van der Waals surface area contributed by atoms with Gasteiger partial charge in [0.1, 0.15) is 0 Å². The predicted molar refractivity (Wildman–Crippen MR) is 104 cm³/mol. The van der Waals surface area contributed by atoms with Gasteiger partial charge in [0.25, 0.3) is 0 Å². The van der Waals surface area contributed by atoms with Gasteiger partial charge in [-0.25, -0.2) is 4.79 Å². The van der Waals surface area contributed by atoms with Gasteiger partial charge in [0.2, 0.25) is 0 Å². The largest absolute Gasteiger partial charge is 0.461 e. The van der Waals surface area contributed by atoms with Crippen LogP contribution in [0.25, 0.3) is 11.3 Å². The number of esters is 1. The molecule has 0 N–H and O–H groups in total. The normalized spacial score (nSPS) is 10.8. The van der Waals surface area contributed by atoms with Crippen LogP contribution in [0, 0.1) is 6.92 Å². The molecule has 0 fully saturated rings. The average Bonchev–Trinajstić information content (AvgIpc) is 3.03. The maximum absolute atomic E-state index is 12.1. The fourth-order valence-corrected chi connectivity index (χ4v) is 3.00. The van der Waals surface area contributed by atoms with Crippen LogP contribution in [0.15, 0.2) is 48.5 Å². The molecule has 1 heterocycles. The number of hydrogen-bond donors (Lipinski definition) is 0. The maximum Gasteiger partial charge on any atom is 0.358 e. The topological polar surface area (TPSA) is 44.1 Å². The van der Waals surface area contributed by atoms with Gasteiger partial charge < -0.3 is 4.74 Å². The van der Waals surface area contributed by atoms with Gasteiger partial charge in [-0.1, -0.05) is 53.0 Å². The quantitative estimate of drug-likeness (QED) is 0.550. The fraction of sp³-hybridized carbons (Fsp3) is 0.200. The molecule has 1 aromatic heterocycles. The second-order valence-electron chi connectivity index (χ2n) is 5.89. The van der Waals surface area contributed by atoms with Crippen molar-refractivity contribution in [2.45, 2.75) is 20.4 Å². The number of nitrogens with zero attached hydrogens (tertiary/aromatic N) is 2. The summed E-state index contributed by atoms with van der Waals surface area (Å²) in [5.74, 6) is -0.447. The van der Waals surface area contributed by atoms with Gasteiger partial charge in [-0.2, -0.15) is 5.10 Å². The molecule has 3 rings (SSSR count). The maximum atomic E-state index is 12.1. The molecule has 0 spiro atoms. The Morgan fingerprint density at radius 1 is 1.12 bits per heavy atom. The van der Waals surface area contributed by atoms with Crippen LogP contribution in [-0.2, 0) is 11.3 Å². The summed E-state index contributed by atoms with van der Waals surface area (Å²) in [5.41, 5.74) is 4.01. The first kappa shape index (κ1) is 18.5. The summed E-state index contributed by atoms with van der Waals surface area (Å²) in [5, 5.41) is 5.63. The fourth-order valence-electron chi connectivity index (χ4n) is 2.62. The van der Waals surface area contributed by atoms with Crippen molar-refractivity contribution >= 4 is 29.2 Å². The van der Waals surface area contributed by atoms with E-state index in [4.69, 9.17) is 27.9 Å². The first-order chi connectivity index (χ1) is 12.5. The number of benzene rings is 2. The van der Waals surface area contributed by atoms with Gasteiger partial charge in [-0.3, -0.25) is 4.68 Å². The van der Waals surface area contributed by atoms with Gasteiger partial charge in [-0.05, 0) is 49.2 Å². The molecule has 0 atom stereocenters. The summed E-state index contributed by atoms with van der Waals surface area (Å²) < 4.78 is 6.83. The number of ether oxygens (including phenoxy) is 1. The standard InChI is InChI=1S/C20H18Cl2N2O2/c1-3-26-20(25)18-11-19(14-6-4-13(2)5-7-14)24(23-18)12-15-10-16(21)8-9-17(15)22/h4-11H,3,12H2,1-2H3. The van der Waals surface area contributed by atoms with Crippen LogP contribution in [0.3, 0.4) is 0 Å². The van der Waals surface area contributed by atoms with Crippen LogP contribution >= 0.6 is 23.2 Å². The first-order valence-electron chi connectivity index (χ1n) is 8.24. The van der Waals surface area contributed by atoms with Gasteiger partial charge in [0, 0.05) is 10.0 Å². The number of rotatable bonds is 5. The molecule has 2 aromatic carbocycles. The van der Waals surface area contributed by atoms with E-state index in [1.54, 1.807) is 35.9 Å². The van der Waals surface area contributed by atoms with Gasteiger partial charge in [0.05, 0.1) is 18.8 Å². The molecule has 0 aliphatic heterocycles. The Labute approximate surface area is 162 Å². The van der Waals surface area contributed by atoms with E-state index in [1.165, 1.54) is 0 Å². The summed E-state index contributed by atoms with van der Waals surface area (Å²) in [7, 11) is 0. The van der Waals surface area contributed by atoms with Crippen LogP contribution in [0.5, 0.6) is 0 Å². The molecular weight excluding hydrogens is 371 g/mol. The summed E-state index contributed by atoms with van der Waals surface area (Å²) in [6.07, 6.45) is 0. The van der Waals surface area contributed by atoms with Crippen molar-refractivity contribution in [2.75, 3.05) is 6.61 Å². The third-order valence-corrected chi connectivity index (χ3v) is 4.54. The molecule has 0 saturated carbocycles. The minimum Gasteiger partial charge on any atom is -0.461 e. The number of carbonyl (C=O) groups is 1. The molecule has 0 aliphatic carbocycles. The van der Waals surface area contributed by atoms with Crippen LogP contribution in [-0.4, -0.2) is 22.4 Å². The Morgan fingerprint density at radius 2 is 1.85 bits per heavy atom. The molecule has 0 bridgehead atoms. The smallest absolute Gasteiger partial charge is 0.358 e. The summed E-state index contributed by atoms with van der Waals surface area (Å²) in [6.45, 7) is 4.48. The van der Waals surface area contributed by atoms with Gasteiger partial charge >= 0.3 is 5.97 Å². The zero-order valence-corrected chi connectivity index (χ0v) is 16.0. The zero-order chi connectivity index (χ0) is 18.7. The highest BCUT2D eigenvalue weighted by Gasteiger charge is 2.17. The van der Waals surface area contributed by atoms with Crippen molar-refractivity contribution in [1.29, 1.82) is 0 Å². The van der Waals surface area contributed by atoms with E-state index in [-0.39, 0.29) is 5.69 Å². The molecule has 0 saturated heterocycles. The minimum absolute atomic E-state index is 0.264. The highest BCUT2D eigenvalue weighted by atomic mass is 35.5. The van der Waals surface area contributed by atoms with Crippen molar-refractivity contribution in [3.8, 4) is 11.3 Å². The van der Waals surface area contributed by atoms with Crippen LogP contribution < -0.4 is 0 Å². The Bertz CT molecular complexity index is 933. The molecule has 4 nitrogen and oxygen atoms in total. The summed E-state index contributed by atoms with van der Waals surface area (Å²) in [4.78, 5) is 12.1.